The Labute approximate surface area is 101 Å². The van der Waals surface area contributed by atoms with Gasteiger partial charge < -0.3 is 15.3 Å². The molecule has 1 heterocycles. The van der Waals surface area contributed by atoms with E-state index in [2.05, 4.69) is 10.3 Å². The molecule has 0 saturated carbocycles. The Morgan fingerprint density at radius 3 is 2.82 bits per heavy atom. The van der Waals surface area contributed by atoms with Gasteiger partial charge in [-0.2, -0.15) is 0 Å². The van der Waals surface area contributed by atoms with Crippen molar-refractivity contribution in [2.75, 3.05) is 25.6 Å². The van der Waals surface area contributed by atoms with Gasteiger partial charge in [0.25, 0.3) is 5.91 Å². The maximum atomic E-state index is 11.9. The molecule has 0 spiro atoms. The molecule has 94 valence electrons. The highest BCUT2D eigenvalue weighted by atomic mass is 16.3. The van der Waals surface area contributed by atoms with Crippen molar-refractivity contribution in [3.05, 3.63) is 23.9 Å². The fourth-order valence-electron chi connectivity index (χ4n) is 1.35. The molecule has 0 unspecified atom stereocenters. The van der Waals surface area contributed by atoms with Gasteiger partial charge in [0, 0.05) is 25.9 Å². The quantitative estimate of drug-likeness (QED) is 0.789. The monoisotopic (exact) mass is 237 g/mol. The molecule has 2 N–H and O–H groups in total. The van der Waals surface area contributed by atoms with Crippen LogP contribution in [0.25, 0.3) is 0 Å². The van der Waals surface area contributed by atoms with E-state index in [1.54, 1.807) is 18.3 Å². The Hall–Kier alpha value is -1.62. The molecular formula is C12H19N3O2. The molecular weight excluding hydrogens is 218 g/mol. The Balaban J connectivity index is 2.78. The third-order valence-corrected chi connectivity index (χ3v) is 2.51. The number of amides is 1. The van der Waals surface area contributed by atoms with Crippen LogP contribution < -0.4 is 10.2 Å². The van der Waals surface area contributed by atoms with Gasteiger partial charge in [0.05, 0.1) is 12.6 Å². The molecule has 0 aliphatic rings. The molecule has 1 aromatic heterocycles. The summed E-state index contributed by atoms with van der Waals surface area (Å²) in [4.78, 5) is 17.8. The first-order chi connectivity index (χ1) is 8.08. The Morgan fingerprint density at radius 2 is 2.29 bits per heavy atom. The van der Waals surface area contributed by atoms with Crippen molar-refractivity contribution in [2.24, 2.45) is 0 Å². The lowest BCUT2D eigenvalue weighted by atomic mass is 10.2. The lowest BCUT2D eigenvalue weighted by molar-refractivity contribution is 0.0915. The summed E-state index contributed by atoms with van der Waals surface area (Å²) in [5.41, 5.74) is 0.551. The second-order valence-corrected chi connectivity index (χ2v) is 4.06. The summed E-state index contributed by atoms with van der Waals surface area (Å²) in [6.07, 6.45) is 2.30. The number of pyridine rings is 1. The van der Waals surface area contributed by atoms with Crippen LogP contribution in [-0.4, -0.2) is 42.7 Å². The highest BCUT2D eigenvalue weighted by Crippen LogP contribution is 2.09. The van der Waals surface area contributed by atoms with Crippen LogP contribution in [0, 0.1) is 0 Å². The Morgan fingerprint density at radius 1 is 1.59 bits per heavy atom. The Bertz CT molecular complexity index is 376. The van der Waals surface area contributed by atoms with E-state index in [1.807, 2.05) is 25.9 Å². The first kappa shape index (κ1) is 13.4. The lowest BCUT2D eigenvalue weighted by Crippen LogP contribution is -2.37. The van der Waals surface area contributed by atoms with Crippen LogP contribution in [0.1, 0.15) is 23.7 Å². The van der Waals surface area contributed by atoms with Crippen LogP contribution in [0.15, 0.2) is 18.3 Å². The highest BCUT2D eigenvalue weighted by molar-refractivity contribution is 5.95. The smallest absolute Gasteiger partial charge is 0.251 e. The van der Waals surface area contributed by atoms with Crippen LogP contribution in [-0.2, 0) is 0 Å². The topological polar surface area (TPSA) is 65.5 Å². The molecule has 5 heteroatoms. The number of hydrogen-bond donors (Lipinski definition) is 2. The third-order valence-electron chi connectivity index (χ3n) is 2.51. The number of rotatable bonds is 5. The van der Waals surface area contributed by atoms with Gasteiger partial charge in [0.15, 0.2) is 0 Å². The largest absolute Gasteiger partial charge is 0.394 e. The van der Waals surface area contributed by atoms with Gasteiger partial charge in [0.2, 0.25) is 0 Å². The molecule has 0 fully saturated rings. The van der Waals surface area contributed by atoms with Crippen molar-refractivity contribution in [3.63, 3.8) is 0 Å². The first-order valence-corrected chi connectivity index (χ1v) is 5.63. The van der Waals surface area contributed by atoms with Crippen LogP contribution in [0.2, 0.25) is 0 Å². The summed E-state index contributed by atoms with van der Waals surface area (Å²) >= 11 is 0. The van der Waals surface area contributed by atoms with Gasteiger partial charge in [-0.05, 0) is 18.6 Å². The number of carbonyl (C=O) groups excluding carboxylic acids is 1. The molecule has 0 saturated heterocycles. The number of carbonyl (C=O) groups is 1. The summed E-state index contributed by atoms with van der Waals surface area (Å²) in [7, 11) is 3.74. The zero-order valence-electron chi connectivity index (χ0n) is 10.5. The molecule has 1 atom stereocenters. The second-order valence-electron chi connectivity index (χ2n) is 4.06. The minimum Gasteiger partial charge on any atom is -0.394 e. The summed E-state index contributed by atoms with van der Waals surface area (Å²) in [5.74, 6) is 0.547. The maximum Gasteiger partial charge on any atom is 0.251 e. The molecule has 1 amide bonds. The van der Waals surface area contributed by atoms with Gasteiger partial charge in [-0.1, -0.05) is 6.92 Å². The number of nitrogens with zero attached hydrogens (tertiary/aromatic N) is 2. The molecule has 0 bridgehead atoms. The highest BCUT2D eigenvalue weighted by Gasteiger charge is 2.12. The number of aliphatic hydroxyl groups excluding tert-OH is 1. The van der Waals surface area contributed by atoms with Gasteiger partial charge >= 0.3 is 0 Å². The van der Waals surface area contributed by atoms with Gasteiger partial charge in [-0.25, -0.2) is 4.98 Å². The van der Waals surface area contributed by atoms with Crippen LogP contribution in [0.5, 0.6) is 0 Å². The molecule has 5 nitrogen and oxygen atoms in total. The van der Waals surface area contributed by atoms with Crippen LogP contribution in [0.4, 0.5) is 5.82 Å². The van der Waals surface area contributed by atoms with E-state index in [0.29, 0.717) is 12.0 Å². The molecule has 17 heavy (non-hydrogen) atoms. The number of anilines is 1. The Kier molecular flexibility index (Phi) is 4.90. The number of nitrogens with one attached hydrogen (secondary N) is 1. The minimum absolute atomic E-state index is 0.0478. The van der Waals surface area contributed by atoms with Crippen molar-refractivity contribution < 1.29 is 9.90 Å². The van der Waals surface area contributed by atoms with Crippen LogP contribution in [0.3, 0.4) is 0 Å². The van der Waals surface area contributed by atoms with Crippen molar-refractivity contribution in [3.8, 4) is 0 Å². The van der Waals surface area contributed by atoms with E-state index in [-0.39, 0.29) is 18.6 Å². The van der Waals surface area contributed by atoms with Crippen LogP contribution >= 0.6 is 0 Å². The third kappa shape index (κ3) is 3.71. The molecule has 0 aliphatic carbocycles. The van der Waals surface area contributed by atoms with E-state index >= 15 is 0 Å². The molecule has 1 rings (SSSR count). The zero-order chi connectivity index (χ0) is 12.8. The number of aromatic nitrogens is 1. The normalized spacial score (nSPS) is 12.0. The fourth-order valence-corrected chi connectivity index (χ4v) is 1.35. The van der Waals surface area contributed by atoms with E-state index < -0.39 is 0 Å². The zero-order valence-corrected chi connectivity index (χ0v) is 10.5. The average molecular weight is 237 g/mol. The van der Waals surface area contributed by atoms with Gasteiger partial charge in [-0.15, -0.1) is 0 Å². The van der Waals surface area contributed by atoms with Crippen molar-refractivity contribution in [1.82, 2.24) is 10.3 Å². The molecule has 0 aromatic carbocycles. The maximum absolute atomic E-state index is 11.9. The summed E-state index contributed by atoms with van der Waals surface area (Å²) < 4.78 is 0. The predicted molar refractivity (Wildman–Crippen MR) is 67.2 cm³/mol. The minimum atomic E-state index is -0.196. The standard InChI is InChI=1S/C12H19N3O2/c1-4-10(8-16)14-12(17)9-5-6-13-11(7-9)15(2)3/h5-7,10,16H,4,8H2,1-3H3,(H,14,17)/t10-/m0/s1. The van der Waals surface area contributed by atoms with Crippen molar-refractivity contribution in [2.45, 2.75) is 19.4 Å². The lowest BCUT2D eigenvalue weighted by Gasteiger charge is -2.15. The summed E-state index contributed by atoms with van der Waals surface area (Å²) in [6, 6.07) is 3.18. The summed E-state index contributed by atoms with van der Waals surface area (Å²) in [6.45, 7) is 1.87. The first-order valence-electron chi connectivity index (χ1n) is 5.63. The van der Waals surface area contributed by atoms with E-state index in [9.17, 15) is 4.79 Å². The van der Waals surface area contributed by atoms with Gasteiger partial charge in [-0.3, -0.25) is 4.79 Å². The van der Waals surface area contributed by atoms with Gasteiger partial charge in [0.1, 0.15) is 5.82 Å². The molecule has 0 radical (unpaired) electrons. The second kappa shape index (κ2) is 6.20. The van der Waals surface area contributed by atoms with Crippen molar-refractivity contribution >= 4 is 11.7 Å². The van der Waals surface area contributed by atoms with E-state index in [4.69, 9.17) is 5.11 Å². The van der Waals surface area contributed by atoms with Crippen molar-refractivity contribution in [1.29, 1.82) is 0 Å². The predicted octanol–water partition coefficient (Wildman–Crippen LogP) is 0.648. The van der Waals surface area contributed by atoms with E-state index in [0.717, 1.165) is 5.82 Å². The number of hydrogen-bond acceptors (Lipinski definition) is 4. The summed E-state index contributed by atoms with van der Waals surface area (Å²) in [5, 5.41) is 11.8. The molecule has 1 aromatic rings. The molecule has 0 aliphatic heterocycles. The SMILES string of the molecule is CC[C@@H](CO)NC(=O)c1ccnc(N(C)C)c1. The number of aliphatic hydroxyl groups is 1. The average Bonchev–Trinajstić information content (AvgIpc) is 2.35. The fraction of sp³-hybridized carbons (Fsp3) is 0.500. The van der Waals surface area contributed by atoms with E-state index in [1.165, 1.54) is 0 Å².